The van der Waals surface area contributed by atoms with E-state index in [-0.39, 0.29) is 36.0 Å². The van der Waals surface area contributed by atoms with Crippen molar-refractivity contribution < 1.29 is 32.5 Å². The zero-order chi connectivity index (χ0) is 21.3. The topological polar surface area (TPSA) is 54.0 Å². The fraction of sp³-hybridized carbons (Fsp3) is 0.174. The smallest absolute Gasteiger partial charge is 0.387 e. The van der Waals surface area contributed by atoms with Crippen molar-refractivity contribution in [2.75, 3.05) is 7.11 Å². The van der Waals surface area contributed by atoms with Crippen LogP contribution in [-0.4, -0.2) is 19.7 Å². The molecule has 0 N–H and O–H groups in total. The van der Waals surface area contributed by atoms with Crippen molar-refractivity contribution in [2.24, 2.45) is 0 Å². The van der Waals surface area contributed by atoms with E-state index >= 15 is 0 Å². The lowest BCUT2D eigenvalue weighted by Crippen LogP contribution is -2.09. The molecule has 0 atom stereocenters. The monoisotopic (exact) mass is 414 g/mol. The van der Waals surface area contributed by atoms with E-state index in [9.17, 15) is 13.6 Å². The Labute approximate surface area is 172 Å². The van der Waals surface area contributed by atoms with Gasteiger partial charge in [0, 0.05) is 0 Å². The van der Waals surface area contributed by atoms with Crippen molar-refractivity contribution in [3.63, 3.8) is 0 Å². The molecule has 30 heavy (non-hydrogen) atoms. The lowest BCUT2D eigenvalue weighted by atomic mass is 10.1. The normalized spacial score (nSPS) is 10.5. The van der Waals surface area contributed by atoms with Gasteiger partial charge in [0.05, 0.1) is 12.7 Å². The fourth-order valence-electron chi connectivity index (χ4n) is 2.71. The highest BCUT2D eigenvalue weighted by molar-refractivity contribution is 5.91. The second-order valence-electron chi connectivity index (χ2n) is 6.22. The van der Waals surface area contributed by atoms with Crippen LogP contribution in [0.25, 0.3) is 0 Å². The minimum Gasteiger partial charge on any atom is -0.485 e. The first kappa shape index (κ1) is 21.1. The number of methoxy groups -OCH3 is 1. The summed E-state index contributed by atoms with van der Waals surface area (Å²) in [6.45, 7) is -2.87. The maximum Gasteiger partial charge on any atom is 0.387 e. The highest BCUT2D eigenvalue weighted by Crippen LogP contribution is 2.41. The summed E-state index contributed by atoms with van der Waals surface area (Å²) in [4.78, 5) is 12.0. The van der Waals surface area contributed by atoms with Crippen molar-refractivity contribution in [3.8, 4) is 17.2 Å². The van der Waals surface area contributed by atoms with Gasteiger partial charge in [0.1, 0.15) is 13.2 Å². The van der Waals surface area contributed by atoms with Crippen molar-refractivity contribution in [1.82, 2.24) is 0 Å². The first-order chi connectivity index (χ1) is 14.6. The SMILES string of the molecule is COC(=O)c1cc(OCc2ccccc2)c(OCc2ccccc2)c(OC(F)F)c1. The standard InChI is InChI=1S/C23H20F2O5/c1-27-22(26)18-12-19(28-14-16-8-4-2-5-9-16)21(20(13-18)30-23(24)25)29-15-17-10-6-3-7-11-17/h2-13,23H,14-15H2,1H3. The van der Waals surface area contributed by atoms with Gasteiger partial charge in [-0.2, -0.15) is 8.78 Å². The van der Waals surface area contributed by atoms with Gasteiger partial charge in [0.15, 0.2) is 11.5 Å². The average Bonchev–Trinajstić information content (AvgIpc) is 2.77. The first-order valence-electron chi connectivity index (χ1n) is 9.11. The Hall–Kier alpha value is -3.61. The molecule has 7 heteroatoms. The number of hydrogen-bond acceptors (Lipinski definition) is 5. The average molecular weight is 414 g/mol. The van der Waals surface area contributed by atoms with Crippen LogP contribution in [0.4, 0.5) is 8.78 Å². The van der Waals surface area contributed by atoms with Crippen LogP contribution in [0.3, 0.4) is 0 Å². The van der Waals surface area contributed by atoms with Crippen LogP contribution >= 0.6 is 0 Å². The molecule has 0 aliphatic rings. The van der Waals surface area contributed by atoms with E-state index in [2.05, 4.69) is 4.74 Å². The molecule has 3 aromatic carbocycles. The minimum absolute atomic E-state index is 0.00303. The highest BCUT2D eigenvalue weighted by atomic mass is 19.3. The number of rotatable bonds is 9. The van der Waals surface area contributed by atoms with Crippen LogP contribution < -0.4 is 14.2 Å². The maximum absolute atomic E-state index is 13.0. The molecule has 0 spiro atoms. The number of hydrogen-bond donors (Lipinski definition) is 0. The van der Waals surface area contributed by atoms with Crippen LogP contribution in [0.15, 0.2) is 72.8 Å². The van der Waals surface area contributed by atoms with Gasteiger partial charge in [-0.05, 0) is 23.3 Å². The Morgan fingerprint density at radius 3 is 1.90 bits per heavy atom. The van der Waals surface area contributed by atoms with E-state index < -0.39 is 12.6 Å². The van der Waals surface area contributed by atoms with Gasteiger partial charge < -0.3 is 18.9 Å². The van der Waals surface area contributed by atoms with E-state index in [1.54, 1.807) is 0 Å². The van der Waals surface area contributed by atoms with Crippen molar-refractivity contribution in [3.05, 3.63) is 89.5 Å². The molecule has 0 aliphatic heterocycles. The lowest BCUT2D eigenvalue weighted by molar-refractivity contribution is -0.0518. The summed E-state index contributed by atoms with van der Waals surface area (Å²) in [7, 11) is 1.19. The predicted octanol–water partition coefficient (Wildman–Crippen LogP) is 5.23. The van der Waals surface area contributed by atoms with Crippen LogP contribution in [0.1, 0.15) is 21.5 Å². The first-order valence-corrected chi connectivity index (χ1v) is 9.11. The molecule has 0 heterocycles. The third kappa shape index (κ3) is 5.70. The van der Waals surface area contributed by atoms with E-state index in [0.717, 1.165) is 17.2 Å². The van der Waals surface area contributed by atoms with Gasteiger partial charge in [-0.25, -0.2) is 4.79 Å². The van der Waals surface area contributed by atoms with E-state index in [4.69, 9.17) is 14.2 Å². The van der Waals surface area contributed by atoms with Crippen LogP contribution in [0.5, 0.6) is 17.2 Å². The summed E-state index contributed by atoms with van der Waals surface area (Å²) in [5.74, 6) is -0.962. The van der Waals surface area contributed by atoms with Gasteiger partial charge >= 0.3 is 12.6 Å². The molecule has 0 aromatic heterocycles. The third-order valence-corrected chi connectivity index (χ3v) is 4.12. The number of esters is 1. The number of alkyl halides is 2. The summed E-state index contributed by atoms with van der Waals surface area (Å²) in [6, 6.07) is 21.0. The summed E-state index contributed by atoms with van der Waals surface area (Å²) >= 11 is 0. The Kier molecular flexibility index (Phi) is 7.21. The van der Waals surface area contributed by atoms with E-state index in [0.29, 0.717) is 0 Å². The molecule has 0 aliphatic carbocycles. The third-order valence-electron chi connectivity index (χ3n) is 4.12. The van der Waals surface area contributed by atoms with Gasteiger partial charge in [-0.3, -0.25) is 0 Å². The van der Waals surface area contributed by atoms with Crippen LogP contribution in [-0.2, 0) is 18.0 Å². The Morgan fingerprint density at radius 1 is 0.833 bits per heavy atom. The van der Waals surface area contributed by atoms with Gasteiger partial charge in [0.2, 0.25) is 5.75 Å². The molecule has 0 unspecified atom stereocenters. The molecule has 0 fully saturated rings. The molecular formula is C23H20F2O5. The molecule has 0 saturated carbocycles. The molecule has 0 amide bonds. The zero-order valence-corrected chi connectivity index (χ0v) is 16.2. The molecule has 0 saturated heterocycles. The van der Waals surface area contributed by atoms with Gasteiger partial charge in [-0.1, -0.05) is 60.7 Å². The molecular weight excluding hydrogens is 394 g/mol. The minimum atomic E-state index is -3.11. The van der Waals surface area contributed by atoms with Gasteiger partial charge in [0.25, 0.3) is 0 Å². The maximum atomic E-state index is 13.0. The van der Waals surface area contributed by atoms with E-state index in [1.807, 2.05) is 60.7 Å². The number of ether oxygens (including phenoxy) is 4. The highest BCUT2D eigenvalue weighted by Gasteiger charge is 2.21. The number of halogens is 2. The van der Waals surface area contributed by atoms with Crippen LogP contribution in [0.2, 0.25) is 0 Å². The van der Waals surface area contributed by atoms with Crippen molar-refractivity contribution >= 4 is 5.97 Å². The van der Waals surface area contributed by atoms with Crippen molar-refractivity contribution in [1.29, 1.82) is 0 Å². The molecule has 156 valence electrons. The van der Waals surface area contributed by atoms with Gasteiger partial charge in [-0.15, -0.1) is 0 Å². The molecule has 0 radical (unpaired) electrons. The second kappa shape index (κ2) is 10.2. The number of carbonyl (C=O) groups is 1. The molecule has 0 bridgehead atoms. The largest absolute Gasteiger partial charge is 0.485 e. The van der Waals surface area contributed by atoms with Crippen molar-refractivity contribution in [2.45, 2.75) is 19.8 Å². The second-order valence-corrected chi connectivity index (χ2v) is 6.22. The predicted molar refractivity (Wildman–Crippen MR) is 106 cm³/mol. The Bertz CT molecular complexity index is 962. The molecule has 5 nitrogen and oxygen atoms in total. The number of carbonyl (C=O) groups excluding carboxylic acids is 1. The Morgan fingerprint density at radius 2 is 1.37 bits per heavy atom. The Balaban J connectivity index is 1.96. The van der Waals surface area contributed by atoms with Crippen LogP contribution in [0, 0.1) is 0 Å². The molecule has 3 aromatic rings. The summed E-state index contributed by atoms with van der Waals surface area (Å²) in [6.07, 6.45) is 0. The van der Waals surface area contributed by atoms with E-state index in [1.165, 1.54) is 13.2 Å². The quantitative estimate of drug-likeness (QED) is 0.449. The summed E-state index contributed by atoms with van der Waals surface area (Å²) in [5.41, 5.74) is 1.68. The zero-order valence-electron chi connectivity index (χ0n) is 16.2. The lowest BCUT2D eigenvalue weighted by Gasteiger charge is -2.18. The number of benzene rings is 3. The summed E-state index contributed by atoms with van der Waals surface area (Å²) in [5, 5.41) is 0. The molecule has 3 rings (SSSR count). The summed E-state index contributed by atoms with van der Waals surface area (Å²) < 4.78 is 47.0. The fourth-order valence-corrected chi connectivity index (χ4v) is 2.71.